The van der Waals surface area contributed by atoms with Gasteiger partial charge in [0.2, 0.25) is 0 Å². The maximum atomic E-state index is 6.57. The van der Waals surface area contributed by atoms with Crippen molar-refractivity contribution in [3.63, 3.8) is 0 Å². The van der Waals surface area contributed by atoms with Crippen LogP contribution in [0.1, 0.15) is 77.6 Å². The van der Waals surface area contributed by atoms with Crippen LogP contribution in [0.4, 0.5) is 11.4 Å². The van der Waals surface area contributed by atoms with Gasteiger partial charge in [-0.15, -0.1) is 11.3 Å². The summed E-state index contributed by atoms with van der Waals surface area (Å²) in [5.74, 6) is 0. The number of fused-ring (bicyclic) bond motifs is 14. The van der Waals surface area contributed by atoms with Crippen LogP contribution in [0.2, 0.25) is 0 Å². The summed E-state index contributed by atoms with van der Waals surface area (Å²) in [5.41, 5.74) is 20.4. The van der Waals surface area contributed by atoms with Crippen LogP contribution in [-0.4, -0.2) is 11.8 Å². The lowest BCUT2D eigenvalue weighted by Gasteiger charge is -2.26. The molecule has 1 aliphatic heterocycles. The van der Waals surface area contributed by atoms with Gasteiger partial charge in [0.25, 0.3) is 0 Å². The van der Waals surface area contributed by atoms with Gasteiger partial charge in [-0.25, -0.2) is 0 Å². The van der Waals surface area contributed by atoms with Crippen LogP contribution in [0.3, 0.4) is 0 Å². The molecule has 0 bridgehead atoms. The fourth-order valence-electron chi connectivity index (χ4n) is 11.0. The van der Waals surface area contributed by atoms with Gasteiger partial charge in [-0.1, -0.05) is 146 Å². The Balaban J connectivity index is 1.10. The molecule has 309 valence electrons. The normalized spacial score (nSPS) is 14.2. The van der Waals surface area contributed by atoms with E-state index in [1.54, 1.807) is 0 Å². The summed E-state index contributed by atoms with van der Waals surface area (Å²) in [4.78, 5) is 0. The van der Waals surface area contributed by atoms with E-state index >= 15 is 0 Å². The minimum atomic E-state index is -0.183. The molecule has 8 aromatic carbocycles. The number of nitrogens with one attached hydrogen (secondary N) is 1. The number of benzene rings is 8. The molecular weight excluding hydrogens is 796 g/mol. The molecule has 0 atom stereocenters. The number of thiophene rings is 1. The highest BCUT2D eigenvalue weighted by Gasteiger charge is 2.38. The first-order valence-electron chi connectivity index (χ1n) is 22.7. The maximum absolute atomic E-state index is 6.57. The van der Waals surface area contributed by atoms with Crippen LogP contribution >= 0.6 is 11.3 Å². The third kappa shape index (κ3) is 5.34. The van der Waals surface area contributed by atoms with E-state index in [0.29, 0.717) is 0 Å². The van der Waals surface area contributed by atoms with Crippen molar-refractivity contribution in [1.29, 1.82) is 0 Å². The summed E-state index contributed by atoms with van der Waals surface area (Å²) >= 11 is 1.88. The van der Waals surface area contributed by atoms with Gasteiger partial charge in [-0.3, -0.25) is 0 Å². The van der Waals surface area contributed by atoms with Crippen LogP contribution in [0, 0.1) is 0 Å². The summed E-state index contributed by atoms with van der Waals surface area (Å²) < 4.78 is 11.7. The zero-order valence-electron chi connectivity index (χ0n) is 37.6. The zero-order valence-corrected chi connectivity index (χ0v) is 38.4. The first-order chi connectivity index (χ1) is 30.7. The van der Waals surface area contributed by atoms with Gasteiger partial charge < -0.3 is 14.3 Å². The molecule has 1 radical (unpaired) electrons. The highest BCUT2D eigenvalue weighted by atomic mass is 32.1. The van der Waals surface area contributed by atoms with Crippen molar-refractivity contribution in [2.45, 2.75) is 71.6 Å². The van der Waals surface area contributed by atoms with E-state index in [4.69, 9.17) is 4.42 Å². The third-order valence-electron chi connectivity index (χ3n) is 14.5. The quantitative estimate of drug-likeness (QED) is 0.180. The van der Waals surface area contributed by atoms with Crippen molar-refractivity contribution in [1.82, 2.24) is 4.57 Å². The molecule has 0 unspecified atom stereocenters. The van der Waals surface area contributed by atoms with E-state index in [-0.39, 0.29) is 16.2 Å². The maximum Gasteiger partial charge on any atom is 0.197 e. The van der Waals surface area contributed by atoms with Crippen molar-refractivity contribution in [2.24, 2.45) is 0 Å². The molecule has 4 heterocycles. The zero-order chi connectivity index (χ0) is 43.6. The number of hydrogen-bond acceptors (Lipinski definition) is 3. The SMILES string of the molecule is CC(C)(C)c1ccc(Nc2cc3c(cc2-c2ccc4c5cc6c(cc5n5c4c2[B]c2cc4c(cc2-5)oc2ccccc24)sc2ccccc26)C(C)(C)c2ccc(C(C)(C)C)cc2-3)cc1. The van der Waals surface area contributed by atoms with Crippen LogP contribution in [0.5, 0.6) is 0 Å². The molecule has 1 aliphatic carbocycles. The van der Waals surface area contributed by atoms with E-state index in [0.717, 1.165) is 39.0 Å². The summed E-state index contributed by atoms with van der Waals surface area (Å²) in [5, 5.41) is 11.4. The van der Waals surface area contributed by atoms with Gasteiger partial charge in [0.15, 0.2) is 7.28 Å². The second-order valence-corrected chi connectivity index (χ2v) is 22.0. The predicted molar refractivity (Wildman–Crippen MR) is 276 cm³/mol. The molecule has 0 saturated carbocycles. The fraction of sp³-hybridized carbons (Fsp3) is 0.186. The molecule has 0 saturated heterocycles. The molecule has 3 aromatic heterocycles. The Kier molecular flexibility index (Phi) is 7.59. The topological polar surface area (TPSA) is 30.1 Å². The minimum Gasteiger partial charge on any atom is -0.456 e. The van der Waals surface area contributed by atoms with Gasteiger partial charge in [0.05, 0.1) is 5.52 Å². The Morgan fingerprint density at radius 1 is 0.547 bits per heavy atom. The standard InChI is InChI=1S/C59H48BN2OS/c1-57(2,3)32-17-20-34(21-18-32)61-48-29-40-39-25-33(58(4,5)6)19-24-45(39)59(7,8)46(40)27-41(48)37-22-23-38-42-26-44-36-14-10-12-16-53(36)64-54(44)31-49(42)62-50-30-52-43(28-47(50)60-55(37)56(38)62)35-13-9-11-15-51(35)63-52/h9-31,61H,1-8H3. The molecule has 11 aromatic rings. The number of aromatic nitrogens is 1. The van der Waals surface area contributed by atoms with Crippen molar-refractivity contribution in [2.75, 3.05) is 5.32 Å². The third-order valence-corrected chi connectivity index (χ3v) is 15.7. The number of rotatable bonds is 3. The summed E-state index contributed by atoms with van der Waals surface area (Å²) in [6.45, 7) is 18.6. The molecule has 64 heavy (non-hydrogen) atoms. The molecule has 0 fully saturated rings. The highest BCUT2D eigenvalue weighted by Crippen LogP contribution is 2.53. The average molecular weight is 844 g/mol. The Morgan fingerprint density at radius 2 is 1.28 bits per heavy atom. The van der Waals surface area contributed by atoms with E-state index in [9.17, 15) is 0 Å². The van der Waals surface area contributed by atoms with Crippen molar-refractivity contribution >= 4 is 105 Å². The molecule has 1 N–H and O–H groups in total. The largest absolute Gasteiger partial charge is 0.456 e. The van der Waals surface area contributed by atoms with Crippen LogP contribution in [0.25, 0.3) is 91.9 Å². The highest BCUT2D eigenvalue weighted by molar-refractivity contribution is 7.25. The minimum absolute atomic E-state index is 0.0386. The van der Waals surface area contributed by atoms with Crippen molar-refractivity contribution in [3.8, 4) is 27.9 Å². The van der Waals surface area contributed by atoms with Gasteiger partial charge in [-0.05, 0) is 104 Å². The lowest BCUT2D eigenvalue weighted by atomic mass is 9.58. The second kappa shape index (κ2) is 12.8. The number of para-hydroxylation sites is 1. The Bertz CT molecular complexity index is 3830. The predicted octanol–water partition coefficient (Wildman–Crippen LogP) is 15.3. The molecule has 2 aliphatic rings. The molecule has 3 nitrogen and oxygen atoms in total. The molecular formula is C59H48BN2OS. The Morgan fingerprint density at radius 3 is 2.08 bits per heavy atom. The van der Waals surface area contributed by atoms with E-state index in [1.807, 2.05) is 11.3 Å². The summed E-state index contributed by atoms with van der Waals surface area (Å²) in [6, 6.07) is 52.8. The smallest absolute Gasteiger partial charge is 0.197 e. The number of furan rings is 1. The Hall–Kier alpha value is -6.56. The van der Waals surface area contributed by atoms with Crippen molar-refractivity contribution in [3.05, 3.63) is 162 Å². The second-order valence-electron chi connectivity index (χ2n) is 20.9. The molecule has 0 spiro atoms. The first kappa shape index (κ1) is 38.0. The average Bonchev–Trinajstić information content (AvgIpc) is 3.98. The van der Waals surface area contributed by atoms with E-state index in [2.05, 4.69) is 212 Å². The van der Waals surface area contributed by atoms with Gasteiger partial charge >= 0.3 is 0 Å². The van der Waals surface area contributed by atoms with Crippen LogP contribution in [-0.2, 0) is 16.2 Å². The number of anilines is 2. The van der Waals surface area contributed by atoms with Gasteiger partial charge in [0, 0.05) is 81.3 Å². The Labute approximate surface area is 378 Å². The van der Waals surface area contributed by atoms with Gasteiger partial charge in [-0.2, -0.15) is 0 Å². The monoisotopic (exact) mass is 843 g/mol. The number of hydrogen-bond donors (Lipinski definition) is 1. The molecule has 13 rings (SSSR count). The fourth-order valence-corrected chi connectivity index (χ4v) is 12.1. The van der Waals surface area contributed by atoms with E-state index < -0.39 is 0 Å². The van der Waals surface area contributed by atoms with Crippen LogP contribution < -0.4 is 16.2 Å². The molecule has 0 amide bonds. The van der Waals surface area contributed by atoms with Crippen molar-refractivity contribution < 1.29 is 4.42 Å². The van der Waals surface area contributed by atoms with Gasteiger partial charge in [0.1, 0.15) is 11.2 Å². The molecule has 5 heteroatoms. The lowest BCUT2D eigenvalue weighted by molar-refractivity contribution is 0.589. The van der Waals surface area contributed by atoms with E-state index in [1.165, 1.54) is 97.4 Å². The number of nitrogens with zero attached hydrogens (tertiary/aromatic N) is 1. The summed E-state index contributed by atoms with van der Waals surface area (Å²) in [6.07, 6.45) is 0. The summed E-state index contributed by atoms with van der Waals surface area (Å²) in [7, 11) is 2.45. The first-order valence-corrected chi connectivity index (χ1v) is 23.5. The van der Waals surface area contributed by atoms with Crippen LogP contribution in [0.15, 0.2) is 144 Å². The lowest BCUT2D eigenvalue weighted by Crippen LogP contribution is -2.37.